The molecule has 0 aliphatic heterocycles. The van der Waals surface area contributed by atoms with Crippen molar-refractivity contribution in [1.82, 2.24) is 18.7 Å². The Morgan fingerprint density at radius 3 is 2.35 bits per heavy atom. The molecule has 3 N–H and O–H groups in total. The van der Waals surface area contributed by atoms with Gasteiger partial charge in [-0.1, -0.05) is 6.92 Å². The zero-order valence-electron chi connectivity index (χ0n) is 13.1. The Kier molecular flexibility index (Phi) is 6.22. The van der Waals surface area contributed by atoms with Crippen LogP contribution in [0.3, 0.4) is 0 Å². The lowest BCUT2D eigenvalue weighted by molar-refractivity contribution is -0.136. The minimum Gasteiger partial charge on any atom is -0.481 e. The second-order valence-electron chi connectivity index (χ2n) is 4.86. The van der Waals surface area contributed by atoms with Crippen molar-refractivity contribution < 1.29 is 20.1 Å². The molecule has 0 fully saturated rings. The largest absolute Gasteiger partial charge is 0.481 e. The zero-order chi connectivity index (χ0) is 17.7. The summed E-state index contributed by atoms with van der Waals surface area (Å²) >= 11 is 0. The van der Waals surface area contributed by atoms with Gasteiger partial charge in [0.25, 0.3) is 5.56 Å². The molecule has 2 aromatic heterocycles. The van der Waals surface area contributed by atoms with Crippen LogP contribution in [0.4, 0.5) is 0 Å². The maximum atomic E-state index is 12.0. The number of aliphatic carboxylic acids is 1. The second kappa shape index (κ2) is 7.70. The third-order valence-electron chi connectivity index (χ3n) is 3.14. The number of imidazole rings is 1. The average Bonchev–Trinajstić information content (AvgIpc) is 2.94. The lowest BCUT2D eigenvalue weighted by Gasteiger charge is -2.09. The lowest BCUT2D eigenvalue weighted by atomic mass is 10.3. The van der Waals surface area contributed by atoms with Crippen molar-refractivity contribution in [2.75, 3.05) is 6.61 Å². The van der Waals surface area contributed by atoms with E-state index in [1.165, 1.54) is 29.6 Å². The topological polar surface area (TPSA) is 140 Å². The van der Waals surface area contributed by atoms with E-state index in [2.05, 4.69) is 4.98 Å². The molecule has 10 heteroatoms. The molecule has 0 bridgehead atoms. The van der Waals surface area contributed by atoms with Crippen LogP contribution in [0, 0.1) is 0 Å². The third-order valence-corrected chi connectivity index (χ3v) is 3.14. The highest BCUT2D eigenvalue weighted by atomic mass is 16.4. The van der Waals surface area contributed by atoms with Gasteiger partial charge in [-0.05, 0) is 0 Å². The Labute approximate surface area is 130 Å². The van der Waals surface area contributed by atoms with Crippen LogP contribution in [0.5, 0.6) is 0 Å². The summed E-state index contributed by atoms with van der Waals surface area (Å²) in [6.45, 7) is 1.23. The molecule has 1 atom stereocenters. The van der Waals surface area contributed by atoms with Crippen molar-refractivity contribution in [3.05, 3.63) is 27.2 Å². The highest BCUT2D eigenvalue weighted by Gasteiger charge is 2.15. The van der Waals surface area contributed by atoms with Crippen molar-refractivity contribution in [3.8, 4) is 0 Å². The van der Waals surface area contributed by atoms with E-state index in [4.69, 9.17) is 10.2 Å². The Bertz CT molecular complexity index is 803. The predicted octanol–water partition coefficient (Wildman–Crippen LogP) is -1.73. The Hall–Kier alpha value is -2.46. The number of aromatic nitrogens is 4. The molecular weight excluding hydrogens is 308 g/mol. The molecule has 1 unspecified atom stereocenters. The number of carboxylic acids is 1. The molecule has 10 nitrogen and oxygen atoms in total. The van der Waals surface area contributed by atoms with Gasteiger partial charge >= 0.3 is 11.7 Å². The fourth-order valence-electron chi connectivity index (χ4n) is 1.82. The molecule has 0 saturated heterocycles. The van der Waals surface area contributed by atoms with Crippen LogP contribution >= 0.6 is 0 Å². The summed E-state index contributed by atoms with van der Waals surface area (Å²) in [6.07, 6.45) is 0.606. The van der Waals surface area contributed by atoms with Crippen molar-refractivity contribution in [2.24, 2.45) is 14.1 Å². The number of carboxylic acid groups (broad SMARTS) is 1. The van der Waals surface area contributed by atoms with Gasteiger partial charge in [-0.2, -0.15) is 0 Å². The molecule has 0 spiro atoms. The summed E-state index contributed by atoms with van der Waals surface area (Å²) < 4.78 is 3.67. The number of hydrogen-bond donors (Lipinski definition) is 3. The number of carbonyl (C=O) groups is 1. The molecule has 0 amide bonds. The number of fused-ring (bicyclic) bond motifs is 1. The van der Waals surface area contributed by atoms with E-state index in [0.29, 0.717) is 0 Å². The van der Waals surface area contributed by atoms with Gasteiger partial charge in [0, 0.05) is 20.5 Å². The first-order valence-corrected chi connectivity index (χ1v) is 6.86. The molecule has 2 rings (SSSR count). The summed E-state index contributed by atoms with van der Waals surface area (Å²) in [5, 5.41) is 25.9. The summed E-state index contributed by atoms with van der Waals surface area (Å²) in [6, 6.07) is 0. The minimum atomic E-state index is -0.982. The van der Waals surface area contributed by atoms with E-state index >= 15 is 0 Å². The van der Waals surface area contributed by atoms with Crippen LogP contribution in [0.25, 0.3) is 11.2 Å². The highest BCUT2D eigenvalue weighted by Crippen LogP contribution is 2.06. The first-order chi connectivity index (χ1) is 10.7. The van der Waals surface area contributed by atoms with Crippen LogP contribution in [-0.4, -0.2) is 52.7 Å². The summed E-state index contributed by atoms with van der Waals surface area (Å²) in [4.78, 5) is 37.0. The van der Waals surface area contributed by atoms with Gasteiger partial charge in [0.2, 0.25) is 0 Å². The molecule has 2 heterocycles. The van der Waals surface area contributed by atoms with Gasteiger partial charge < -0.3 is 19.9 Å². The fourth-order valence-corrected chi connectivity index (χ4v) is 1.82. The van der Waals surface area contributed by atoms with Crippen molar-refractivity contribution in [1.29, 1.82) is 0 Å². The van der Waals surface area contributed by atoms with E-state index in [-0.39, 0.29) is 24.1 Å². The van der Waals surface area contributed by atoms with Crippen molar-refractivity contribution in [2.45, 2.75) is 26.0 Å². The fraction of sp³-hybridized carbons (Fsp3) is 0.538. The van der Waals surface area contributed by atoms with Crippen LogP contribution in [0.1, 0.15) is 13.3 Å². The highest BCUT2D eigenvalue weighted by molar-refractivity contribution is 5.69. The molecular formula is C13H20N4O6. The molecule has 0 aliphatic carbocycles. The summed E-state index contributed by atoms with van der Waals surface area (Å²) in [7, 11) is 2.90. The monoisotopic (exact) mass is 328 g/mol. The minimum absolute atomic E-state index is 0.0421. The molecule has 0 saturated carbocycles. The van der Waals surface area contributed by atoms with Gasteiger partial charge in [-0.15, -0.1) is 0 Å². The van der Waals surface area contributed by atoms with Crippen LogP contribution in [0.2, 0.25) is 0 Å². The summed E-state index contributed by atoms with van der Waals surface area (Å²) in [5.41, 5.74) is -0.448. The van der Waals surface area contributed by atoms with Gasteiger partial charge in [0.05, 0.1) is 25.6 Å². The number of rotatable bonds is 4. The Balaban J connectivity index is 0.000000463. The van der Waals surface area contributed by atoms with E-state index < -0.39 is 29.9 Å². The molecule has 0 aromatic carbocycles. The van der Waals surface area contributed by atoms with Gasteiger partial charge in [0.15, 0.2) is 11.2 Å². The molecule has 0 radical (unpaired) electrons. The normalized spacial score (nSPS) is 11.9. The maximum absolute atomic E-state index is 12.0. The molecule has 2 aromatic rings. The van der Waals surface area contributed by atoms with Crippen molar-refractivity contribution >= 4 is 17.1 Å². The van der Waals surface area contributed by atoms with Crippen molar-refractivity contribution in [3.63, 3.8) is 0 Å². The smallest absolute Gasteiger partial charge is 0.332 e. The Morgan fingerprint density at radius 2 is 1.87 bits per heavy atom. The van der Waals surface area contributed by atoms with E-state index in [0.717, 1.165) is 4.57 Å². The first-order valence-electron chi connectivity index (χ1n) is 6.86. The lowest BCUT2D eigenvalue weighted by Crippen LogP contribution is -2.38. The zero-order valence-corrected chi connectivity index (χ0v) is 13.1. The summed E-state index contributed by atoms with van der Waals surface area (Å²) in [5.74, 6) is -0.745. The standard InChI is InChI=1S/C10H14N4O4.C3H6O2/c1-12-8-7(9(17)13(2)10(12)18)14(5-11-8)3-6(16)4-15;1-2-3(4)5/h5-6,15-16H,3-4H2,1-2H3;2H2,1H3,(H,4,5). The second-order valence-corrected chi connectivity index (χ2v) is 4.86. The van der Waals surface area contributed by atoms with E-state index in [1.54, 1.807) is 6.92 Å². The quantitative estimate of drug-likeness (QED) is 0.606. The third kappa shape index (κ3) is 4.05. The predicted molar refractivity (Wildman–Crippen MR) is 81.2 cm³/mol. The maximum Gasteiger partial charge on any atom is 0.332 e. The molecule has 0 aliphatic rings. The van der Waals surface area contributed by atoms with Gasteiger partial charge in [-0.25, -0.2) is 9.78 Å². The number of hydrogen-bond acceptors (Lipinski definition) is 6. The number of aliphatic hydroxyl groups is 2. The molecule has 23 heavy (non-hydrogen) atoms. The SMILES string of the molecule is CCC(=O)O.Cn1c(=O)c2c(ncn2CC(O)CO)n(C)c1=O. The first kappa shape index (κ1) is 18.6. The van der Waals surface area contributed by atoms with Gasteiger partial charge in [-0.3, -0.25) is 18.7 Å². The van der Waals surface area contributed by atoms with Crippen LogP contribution in [-0.2, 0) is 25.4 Å². The molecule has 128 valence electrons. The van der Waals surface area contributed by atoms with E-state index in [1.807, 2.05) is 0 Å². The van der Waals surface area contributed by atoms with Crippen LogP contribution in [0.15, 0.2) is 15.9 Å². The van der Waals surface area contributed by atoms with Crippen LogP contribution < -0.4 is 11.2 Å². The van der Waals surface area contributed by atoms with E-state index in [9.17, 15) is 19.5 Å². The number of aryl methyl sites for hydroxylation is 1. The Morgan fingerprint density at radius 1 is 1.30 bits per heavy atom. The number of nitrogens with zero attached hydrogens (tertiary/aromatic N) is 4. The number of aliphatic hydroxyl groups excluding tert-OH is 2. The van der Waals surface area contributed by atoms with Gasteiger partial charge in [0.1, 0.15) is 0 Å². The average molecular weight is 328 g/mol.